The van der Waals surface area contributed by atoms with Gasteiger partial charge in [0, 0.05) is 18.2 Å². The molecule has 1 aliphatic carbocycles. The third-order valence-corrected chi connectivity index (χ3v) is 3.46. The summed E-state index contributed by atoms with van der Waals surface area (Å²) in [4.78, 5) is 10.8. The van der Waals surface area contributed by atoms with Gasteiger partial charge >= 0.3 is 0 Å². The Balaban J connectivity index is 2.30. The highest BCUT2D eigenvalue weighted by atomic mass is 32.2. The van der Waals surface area contributed by atoms with Crippen LogP contribution in [0.5, 0.6) is 0 Å². The Morgan fingerprint density at radius 2 is 2.25 bits per heavy atom. The van der Waals surface area contributed by atoms with Crippen LogP contribution in [0.1, 0.15) is 32.6 Å². The molecule has 3 heteroatoms. The van der Waals surface area contributed by atoms with E-state index >= 15 is 0 Å². The summed E-state index contributed by atoms with van der Waals surface area (Å²) >= 11 is 1.93. The maximum atomic E-state index is 10.8. The monoisotopic (exact) mass is 187 g/mol. The van der Waals surface area contributed by atoms with E-state index in [0.29, 0.717) is 6.04 Å². The average molecular weight is 187 g/mol. The molecule has 2 nitrogen and oxygen atoms in total. The SMILES string of the molecule is CSC1CCCC(NC(C)=O)C1. The van der Waals surface area contributed by atoms with Crippen molar-refractivity contribution >= 4 is 17.7 Å². The molecule has 1 saturated carbocycles. The van der Waals surface area contributed by atoms with Crippen LogP contribution in [-0.2, 0) is 4.79 Å². The molecule has 0 saturated heterocycles. The van der Waals surface area contributed by atoms with E-state index in [-0.39, 0.29) is 5.91 Å². The third-order valence-electron chi connectivity index (χ3n) is 2.37. The molecule has 2 atom stereocenters. The molecule has 1 fully saturated rings. The van der Waals surface area contributed by atoms with Gasteiger partial charge in [-0.25, -0.2) is 0 Å². The second-order valence-electron chi connectivity index (χ2n) is 3.42. The van der Waals surface area contributed by atoms with Gasteiger partial charge < -0.3 is 5.32 Å². The quantitative estimate of drug-likeness (QED) is 0.714. The third kappa shape index (κ3) is 3.05. The normalized spacial score (nSPS) is 29.8. The first kappa shape index (κ1) is 9.90. The van der Waals surface area contributed by atoms with Crippen LogP contribution in [0.2, 0.25) is 0 Å². The van der Waals surface area contributed by atoms with Crippen molar-refractivity contribution in [1.82, 2.24) is 5.32 Å². The predicted molar refractivity (Wildman–Crippen MR) is 53.4 cm³/mol. The van der Waals surface area contributed by atoms with Gasteiger partial charge in [-0.15, -0.1) is 0 Å². The van der Waals surface area contributed by atoms with E-state index in [4.69, 9.17) is 0 Å². The summed E-state index contributed by atoms with van der Waals surface area (Å²) in [6.45, 7) is 1.60. The maximum Gasteiger partial charge on any atom is 0.217 e. The van der Waals surface area contributed by atoms with Crippen molar-refractivity contribution in [2.45, 2.75) is 43.9 Å². The van der Waals surface area contributed by atoms with Crippen LogP contribution in [0, 0.1) is 0 Å². The van der Waals surface area contributed by atoms with Gasteiger partial charge in [0.15, 0.2) is 0 Å². The standard InChI is InChI=1S/C9H17NOS/c1-7(11)10-8-4-3-5-9(6-8)12-2/h8-9H,3-6H2,1-2H3,(H,10,11). The number of rotatable bonds is 2. The molecule has 0 bridgehead atoms. The number of thioether (sulfide) groups is 1. The molecule has 0 heterocycles. The molecule has 0 spiro atoms. The van der Waals surface area contributed by atoms with Crippen molar-refractivity contribution in [3.8, 4) is 0 Å². The minimum absolute atomic E-state index is 0.113. The predicted octanol–water partition coefficient (Wildman–Crippen LogP) is 1.80. The lowest BCUT2D eigenvalue weighted by Crippen LogP contribution is -2.37. The van der Waals surface area contributed by atoms with Gasteiger partial charge in [-0.05, 0) is 25.5 Å². The van der Waals surface area contributed by atoms with Crippen LogP contribution in [0.3, 0.4) is 0 Å². The summed E-state index contributed by atoms with van der Waals surface area (Å²) in [6.07, 6.45) is 7.05. The summed E-state index contributed by atoms with van der Waals surface area (Å²) < 4.78 is 0. The first-order valence-corrected chi connectivity index (χ1v) is 5.81. The van der Waals surface area contributed by atoms with Gasteiger partial charge in [-0.3, -0.25) is 4.79 Å². The van der Waals surface area contributed by atoms with E-state index in [0.717, 1.165) is 18.1 Å². The Labute approximate surface area is 78.5 Å². The van der Waals surface area contributed by atoms with E-state index in [9.17, 15) is 4.79 Å². The van der Waals surface area contributed by atoms with E-state index in [1.54, 1.807) is 6.92 Å². The molecule has 1 aliphatic rings. The fraction of sp³-hybridized carbons (Fsp3) is 0.889. The molecule has 12 heavy (non-hydrogen) atoms. The van der Waals surface area contributed by atoms with Crippen LogP contribution in [0.15, 0.2) is 0 Å². The topological polar surface area (TPSA) is 29.1 Å². The Kier molecular flexibility index (Phi) is 3.92. The van der Waals surface area contributed by atoms with Crippen molar-refractivity contribution in [3.05, 3.63) is 0 Å². The molecular weight excluding hydrogens is 170 g/mol. The molecule has 2 unspecified atom stereocenters. The largest absolute Gasteiger partial charge is 0.354 e. The molecule has 1 amide bonds. The van der Waals surface area contributed by atoms with Gasteiger partial charge in [-0.2, -0.15) is 11.8 Å². The smallest absolute Gasteiger partial charge is 0.217 e. The highest BCUT2D eigenvalue weighted by Crippen LogP contribution is 2.26. The van der Waals surface area contributed by atoms with Crippen molar-refractivity contribution in [2.24, 2.45) is 0 Å². The number of carbonyl (C=O) groups is 1. The second kappa shape index (κ2) is 4.75. The average Bonchev–Trinajstić information content (AvgIpc) is 2.03. The van der Waals surface area contributed by atoms with Crippen molar-refractivity contribution < 1.29 is 4.79 Å². The Hall–Kier alpha value is -0.180. The lowest BCUT2D eigenvalue weighted by Gasteiger charge is -2.28. The summed E-state index contributed by atoms with van der Waals surface area (Å²) in [5, 5.41) is 3.75. The van der Waals surface area contributed by atoms with E-state index in [2.05, 4.69) is 11.6 Å². The van der Waals surface area contributed by atoms with E-state index in [1.807, 2.05) is 11.8 Å². The minimum atomic E-state index is 0.113. The van der Waals surface area contributed by atoms with Gasteiger partial charge in [-0.1, -0.05) is 6.42 Å². The van der Waals surface area contributed by atoms with Crippen LogP contribution in [0.25, 0.3) is 0 Å². The molecule has 0 aromatic carbocycles. The van der Waals surface area contributed by atoms with Gasteiger partial charge in [0.1, 0.15) is 0 Å². The summed E-state index contributed by atoms with van der Waals surface area (Å²) in [5.74, 6) is 0.113. The number of nitrogens with one attached hydrogen (secondary N) is 1. The zero-order valence-electron chi connectivity index (χ0n) is 7.80. The molecule has 0 aromatic rings. The Morgan fingerprint density at radius 1 is 1.50 bits per heavy atom. The van der Waals surface area contributed by atoms with E-state index in [1.165, 1.54) is 12.8 Å². The van der Waals surface area contributed by atoms with Crippen LogP contribution >= 0.6 is 11.8 Å². The van der Waals surface area contributed by atoms with Crippen molar-refractivity contribution in [1.29, 1.82) is 0 Å². The molecule has 1 rings (SSSR count). The Morgan fingerprint density at radius 3 is 2.83 bits per heavy atom. The van der Waals surface area contributed by atoms with Gasteiger partial charge in [0.25, 0.3) is 0 Å². The fourth-order valence-corrected chi connectivity index (χ4v) is 2.60. The summed E-state index contributed by atoms with van der Waals surface area (Å²) in [5.41, 5.74) is 0. The van der Waals surface area contributed by atoms with Crippen LogP contribution < -0.4 is 5.32 Å². The van der Waals surface area contributed by atoms with Crippen molar-refractivity contribution in [3.63, 3.8) is 0 Å². The zero-order chi connectivity index (χ0) is 8.97. The summed E-state index contributed by atoms with van der Waals surface area (Å²) in [6, 6.07) is 0.439. The zero-order valence-corrected chi connectivity index (χ0v) is 8.62. The minimum Gasteiger partial charge on any atom is -0.354 e. The molecule has 0 radical (unpaired) electrons. The second-order valence-corrected chi connectivity index (χ2v) is 4.56. The molecular formula is C9H17NOS. The van der Waals surface area contributed by atoms with Crippen LogP contribution in [-0.4, -0.2) is 23.5 Å². The first-order valence-electron chi connectivity index (χ1n) is 4.52. The number of hydrogen-bond acceptors (Lipinski definition) is 2. The lowest BCUT2D eigenvalue weighted by molar-refractivity contribution is -0.119. The molecule has 0 aromatic heterocycles. The fourth-order valence-electron chi connectivity index (χ4n) is 1.78. The summed E-state index contributed by atoms with van der Waals surface area (Å²) in [7, 11) is 0. The number of carbonyl (C=O) groups excluding carboxylic acids is 1. The highest BCUT2D eigenvalue weighted by Gasteiger charge is 2.21. The van der Waals surface area contributed by atoms with Crippen LogP contribution in [0.4, 0.5) is 0 Å². The maximum absolute atomic E-state index is 10.8. The highest BCUT2D eigenvalue weighted by molar-refractivity contribution is 7.99. The van der Waals surface area contributed by atoms with Gasteiger partial charge in [0.2, 0.25) is 5.91 Å². The molecule has 0 aliphatic heterocycles. The van der Waals surface area contributed by atoms with Gasteiger partial charge in [0.05, 0.1) is 0 Å². The Bertz CT molecular complexity index is 161. The first-order chi connectivity index (χ1) is 5.72. The molecule has 1 N–H and O–H groups in total. The lowest BCUT2D eigenvalue weighted by atomic mass is 9.95. The number of amides is 1. The molecule has 70 valence electrons. The number of hydrogen-bond donors (Lipinski definition) is 1. The van der Waals surface area contributed by atoms with E-state index < -0.39 is 0 Å². The van der Waals surface area contributed by atoms with Crippen molar-refractivity contribution in [2.75, 3.05) is 6.26 Å².